The Morgan fingerprint density at radius 2 is 1.50 bits per heavy atom. The van der Waals surface area contributed by atoms with Crippen molar-refractivity contribution < 1.29 is 24.8 Å². The summed E-state index contributed by atoms with van der Waals surface area (Å²) in [6.45, 7) is 12.8. The van der Waals surface area contributed by atoms with Crippen LogP contribution in [0.3, 0.4) is 0 Å². The van der Waals surface area contributed by atoms with Crippen LogP contribution in [-0.2, 0) is 10.2 Å². The lowest BCUT2D eigenvalue weighted by Gasteiger charge is -2.34. The lowest BCUT2D eigenvalue weighted by Crippen LogP contribution is -2.26. The molecule has 1 atom stereocenters. The van der Waals surface area contributed by atoms with Gasteiger partial charge in [0.15, 0.2) is 0 Å². The Morgan fingerprint density at radius 1 is 0.889 bits per heavy atom. The van der Waals surface area contributed by atoms with Gasteiger partial charge in [-0.1, -0.05) is 70.2 Å². The van der Waals surface area contributed by atoms with E-state index in [1.165, 1.54) is 16.7 Å². The molecule has 0 spiro atoms. The Kier molecular flexibility index (Phi) is 11.6. The van der Waals surface area contributed by atoms with Crippen molar-refractivity contribution in [2.24, 2.45) is 0 Å². The average Bonchev–Trinajstić information content (AvgIpc) is 2.88. The van der Waals surface area contributed by atoms with Crippen LogP contribution in [0.4, 0.5) is 0 Å². The van der Waals surface area contributed by atoms with Crippen LogP contribution in [0.5, 0.6) is 5.75 Å². The Balaban J connectivity index is 2.28. The molecule has 0 saturated heterocycles. The van der Waals surface area contributed by atoms with Crippen molar-refractivity contribution in [3.8, 4) is 5.75 Å². The van der Waals surface area contributed by atoms with Gasteiger partial charge in [-0.25, -0.2) is 0 Å². The number of aliphatic hydroxyl groups excluding tert-OH is 2. The maximum atomic E-state index is 10.6. The number of hydrogen-bond donors (Lipinski definition) is 3. The van der Waals surface area contributed by atoms with Gasteiger partial charge in [0.1, 0.15) is 19.1 Å². The van der Waals surface area contributed by atoms with Crippen LogP contribution in [0.25, 0.3) is 6.08 Å². The molecule has 36 heavy (non-hydrogen) atoms. The van der Waals surface area contributed by atoms with Crippen LogP contribution >= 0.6 is 0 Å². The molecule has 0 amide bonds. The van der Waals surface area contributed by atoms with E-state index in [-0.39, 0.29) is 18.8 Å². The summed E-state index contributed by atoms with van der Waals surface area (Å²) in [4.78, 5) is 0. The second kappa shape index (κ2) is 13.9. The fraction of sp³-hybridized carbons (Fsp3) is 0.548. The first-order valence-electron chi connectivity index (χ1n) is 13.3. The summed E-state index contributed by atoms with van der Waals surface area (Å²) in [5, 5.41) is 29.4. The number of rotatable bonds is 15. The summed E-state index contributed by atoms with van der Waals surface area (Å²) in [6, 6.07) is 13.0. The molecule has 0 aromatic heterocycles. The van der Waals surface area contributed by atoms with E-state index in [0.717, 1.165) is 29.7 Å². The highest BCUT2D eigenvalue weighted by Crippen LogP contribution is 2.41. The zero-order chi connectivity index (χ0) is 26.8. The minimum atomic E-state index is -0.758. The smallest absolute Gasteiger partial charge is 0.143 e. The Hall–Kier alpha value is -2.18. The SMILES string of the molecule is CCC(O)(/C=C/c1ccc(C(CC)(CC)c2ccc(OC[C@@H](O)CCOCO)c(C)c2)cc1C)CC. The van der Waals surface area contributed by atoms with E-state index in [9.17, 15) is 10.2 Å². The van der Waals surface area contributed by atoms with Crippen LogP contribution in [0.1, 0.15) is 87.6 Å². The molecule has 0 radical (unpaired) electrons. The second-order valence-electron chi connectivity index (χ2n) is 9.78. The predicted octanol–water partition coefficient (Wildman–Crippen LogP) is 6.07. The van der Waals surface area contributed by atoms with Gasteiger partial charge in [0, 0.05) is 11.8 Å². The van der Waals surface area contributed by atoms with Crippen molar-refractivity contribution in [3.63, 3.8) is 0 Å². The summed E-state index contributed by atoms with van der Waals surface area (Å²) in [6.07, 6.45) is 7.06. The topological polar surface area (TPSA) is 79.2 Å². The number of aryl methyl sites for hydroxylation is 2. The van der Waals surface area contributed by atoms with Crippen molar-refractivity contribution in [1.29, 1.82) is 0 Å². The molecule has 2 rings (SSSR count). The zero-order valence-electron chi connectivity index (χ0n) is 23.0. The third-order valence-electron chi connectivity index (χ3n) is 7.67. The highest BCUT2D eigenvalue weighted by atomic mass is 16.6. The molecule has 5 nitrogen and oxygen atoms in total. The van der Waals surface area contributed by atoms with E-state index < -0.39 is 11.7 Å². The largest absolute Gasteiger partial charge is 0.491 e. The molecular weight excluding hydrogens is 452 g/mol. The van der Waals surface area contributed by atoms with Crippen molar-refractivity contribution in [2.75, 3.05) is 20.0 Å². The molecule has 2 aromatic carbocycles. The molecule has 0 aliphatic heterocycles. The van der Waals surface area contributed by atoms with Crippen LogP contribution < -0.4 is 4.74 Å². The Bertz CT molecular complexity index is 973. The highest BCUT2D eigenvalue weighted by molar-refractivity contribution is 5.57. The Labute approximate surface area is 217 Å². The molecule has 0 aliphatic carbocycles. The van der Waals surface area contributed by atoms with E-state index in [2.05, 4.69) is 51.1 Å². The quantitative estimate of drug-likeness (QED) is 0.205. The maximum absolute atomic E-state index is 10.6. The van der Waals surface area contributed by atoms with E-state index in [4.69, 9.17) is 14.6 Å². The molecule has 5 heteroatoms. The third-order valence-corrected chi connectivity index (χ3v) is 7.67. The zero-order valence-corrected chi connectivity index (χ0v) is 23.0. The number of ether oxygens (including phenoxy) is 2. The summed E-state index contributed by atoms with van der Waals surface area (Å²) < 4.78 is 10.8. The summed E-state index contributed by atoms with van der Waals surface area (Å²) in [7, 11) is 0. The van der Waals surface area contributed by atoms with Crippen molar-refractivity contribution in [2.45, 2.75) is 90.8 Å². The molecular formula is C31H46O5. The van der Waals surface area contributed by atoms with Gasteiger partial charge in [0.05, 0.1) is 18.3 Å². The average molecular weight is 499 g/mol. The molecule has 0 heterocycles. The van der Waals surface area contributed by atoms with Crippen molar-refractivity contribution in [1.82, 2.24) is 0 Å². The van der Waals surface area contributed by atoms with E-state index in [1.54, 1.807) is 0 Å². The van der Waals surface area contributed by atoms with E-state index in [1.807, 2.05) is 39.0 Å². The highest BCUT2D eigenvalue weighted by Gasteiger charge is 2.31. The minimum Gasteiger partial charge on any atom is -0.491 e. The van der Waals surface area contributed by atoms with Gasteiger partial charge in [-0.05, 0) is 73.4 Å². The van der Waals surface area contributed by atoms with Crippen molar-refractivity contribution in [3.05, 3.63) is 70.3 Å². The monoisotopic (exact) mass is 498 g/mol. The molecule has 0 unspecified atom stereocenters. The van der Waals surface area contributed by atoms with Gasteiger partial charge in [0.25, 0.3) is 0 Å². The standard InChI is InChI=1S/C31H46O5/c1-7-30(34,8-2)17-15-25-11-12-26(19-23(25)5)31(9-3,10-4)27-13-14-29(24(6)20-27)36-21-28(33)16-18-35-22-32/h11-15,17,19-20,28,32-34H,7-10,16,18,21-22H2,1-6H3/b17-15+/t28-/m0/s1. The number of aliphatic hydroxyl groups is 3. The summed E-state index contributed by atoms with van der Waals surface area (Å²) in [5.41, 5.74) is 5.02. The number of benzene rings is 2. The lowest BCUT2D eigenvalue weighted by atomic mass is 9.70. The fourth-order valence-corrected chi connectivity index (χ4v) is 4.79. The van der Waals surface area contributed by atoms with Gasteiger partial charge in [-0.15, -0.1) is 0 Å². The first-order chi connectivity index (χ1) is 17.2. The van der Waals surface area contributed by atoms with Gasteiger partial charge >= 0.3 is 0 Å². The molecule has 0 aliphatic rings. The van der Waals surface area contributed by atoms with Gasteiger partial charge in [-0.3, -0.25) is 0 Å². The van der Waals surface area contributed by atoms with Crippen LogP contribution in [0.2, 0.25) is 0 Å². The van der Waals surface area contributed by atoms with Crippen LogP contribution in [0.15, 0.2) is 42.5 Å². The second-order valence-corrected chi connectivity index (χ2v) is 9.78. The molecule has 200 valence electrons. The van der Waals surface area contributed by atoms with Gasteiger partial charge in [-0.2, -0.15) is 0 Å². The van der Waals surface area contributed by atoms with Gasteiger partial charge in [0.2, 0.25) is 0 Å². The molecule has 3 N–H and O–H groups in total. The van der Waals surface area contributed by atoms with Gasteiger partial charge < -0.3 is 24.8 Å². The predicted molar refractivity (Wildman–Crippen MR) is 147 cm³/mol. The summed E-state index contributed by atoms with van der Waals surface area (Å²) >= 11 is 0. The number of hydrogen-bond acceptors (Lipinski definition) is 5. The molecule has 2 aromatic rings. The maximum Gasteiger partial charge on any atom is 0.143 e. The normalized spacial score (nSPS) is 13.4. The van der Waals surface area contributed by atoms with E-state index >= 15 is 0 Å². The Morgan fingerprint density at radius 3 is 2.03 bits per heavy atom. The fourth-order valence-electron chi connectivity index (χ4n) is 4.79. The lowest BCUT2D eigenvalue weighted by molar-refractivity contribution is -0.0192. The van der Waals surface area contributed by atoms with Crippen LogP contribution in [-0.4, -0.2) is 47.0 Å². The minimum absolute atomic E-state index is 0.120. The van der Waals surface area contributed by atoms with Crippen molar-refractivity contribution >= 4 is 6.08 Å². The molecule has 0 bridgehead atoms. The van der Waals surface area contributed by atoms with E-state index in [0.29, 0.717) is 25.9 Å². The summed E-state index contributed by atoms with van der Waals surface area (Å²) in [5.74, 6) is 0.762. The molecule has 0 fully saturated rings. The first-order valence-corrected chi connectivity index (χ1v) is 13.3. The first kappa shape index (κ1) is 30.0. The van der Waals surface area contributed by atoms with Crippen LogP contribution in [0, 0.1) is 13.8 Å². The third kappa shape index (κ3) is 7.42. The molecule has 0 saturated carbocycles.